The topological polar surface area (TPSA) is 75.3 Å². The molecule has 0 aromatic heterocycles. The fraction of sp³-hybridized carbons (Fsp3) is 0.278. The summed E-state index contributed by atoms with van der Waals surface area (Å²) in [4.78, 5) is 12.0. The molecule has 22 heavy (non-hydrogen) atoms. The van der Waals surface area contributed by atoms with Crippen LogP contribution >= 0.6 is 0 Å². The van der Waals surface area contributed by atoms with E-state index in [0.29, 0.717) is 6.42 Å². The first-order valence-electron chi connectivity index (χ1n) is 7.38. The minimum absolute atomic E-state index is 0.159. The molecule has 116 valence electrons. The first-order chi connectivity index (χ1) is 10.6. The quantitative estimate of drug-likeness (QED) is 0.760. The summed E-state index contributed by atoms with van der Waals surface area (Å²) in [6.07, 6.45) is -0.248. The van der Waals surface area contributed by atoms with Gasteiger partial charge in [-0.05, 0) is 30.0 Å². The van der Waals surface area contributed by atoms with Crippen molar-refractivity contribution in [3.63, 3.8) is 0 Å². The predicted molar refractivity (Wildman–Crippen MR) is 87.3 cm³/mol. The summed E-state index contributed by atoms with van der Waals surface area (Å²) in [5.41, 5.74) is 8.75. The number of aliphatic hydroxyl groups excluding tert-OH is 1. The maximum Gasteiger partial charge on any atom is 0.237 e. The maximum atomic E-state index is 12.0. The number of hydrogen-bond donors (Lipinski definition) is 3. The molecule has 0 heterocycles. The van der Waals surface area contributed by atoms with Gasteiger partial charge in [0.05, 0.1) is 12.1 Å². The summed E-state index contributed by atoms with van der Waals surface area (Å²) >= 11 is 0. The van der Waals surface area contributed by atoms with E-state index in [1.54, 1.807) is 0 Å². The zero-order valence-electron chi connectivity index (χ0n) is 12.7. The lowest BCUT2D eigenvalue weighted by molar-refractivity contribution is -0.122. The minimum Gasteiger partial charge on any atom is -0.387 e. The maximum absolute atomic E-state index is 12.0. The molecule has 1 unspecified atom stereocenters. The van der Waals surface area contributed by atoms with E-state index >= 15 is 0 Å². The molecule has 0 aliphatic heterocycles. The number of aryl methyl sites for hydroxylation is 1. The molecule has 2 atom stereocenters. The van der Waals surface area contributed by atoms with Gasteiger partial charge in [0, 0.05) is 6.54 Å². The van der Waals surface area contributed by atoms with Gasteiger partial charge in [-0.3, -0.25) is 4.79 Å². The van der Waals surface area contributed by atoms with Crippen molar-refractivity contribution >= 4 is 5.91 Å². The zero-order valence-corrected chi connectivity index (χ0v) is 12.7. The smallest absolute Gasteiger partial charge is 0.237 e. The Morgan fingerprint density at radius 1 is 1.14 bits per heavy atom. The number of benzene rings is 2. The molecule has 0 aliphatic rings. The Morgan fingerprint density at radius 2 is 1.77 bits per heavy atom. The van der Waals surface area contributed by atoms with Crippen LogP contribution in [0.4, 0.5) is 0 Å². The molecule has 2 aromatic rings. The van der Waals surface area contributed by atoms with Crippen LogP contribution in [0, 0.1) is 6.92 Å². The van der Waals surface area contributed by atoms with E-state index in [1.807, 2.05) is 61.5 Å². The summed E-state index contributed by atoms with van der Waals surface area (Å²) in [7, 11) is 0. The molecule has 0 saturated heterocycles. The summed E-state index contributed by atoms with van der Waals surface area (Å²) < 4.78 is 0. The molecule has 2 aromatic carbocycles. The van der Waals surface area contributed by atoms with Crippen LogP contribution in [0.5, 0.6) is 0 Å². The molecule has 4 heteroatoms. The molecule has 0 spiro atoms. The van der Waals surface area contributed by atoms with Crippen LogP contribution in [0.1, 0.15) is 22.8 Å². The van der Waals surface area contributed by atoms with Crippen molar-refractivity contribution in [2.24, 2.45) is 5.73 Å². The van der Waals surface area contributed by atoms with Crippen molar-refractivity contribution in [2.45, 2.75) is 25.5 Å². The Kier molecular flexibility index (Phi) is 5.69. The fourth-order valence-corrected chi connectivity index (χ4v) is 2.36. The van der Waals surface area contributed by atoms with Crippen molar-refractivity contribution in [1.29, 1.82) is 0 Å². The number of carbonyl (C=O) groups excluding carboxylic acids is 1. The Labute approximate surface area is 131 Å². The van der Waals surface area contributed by atoms with Gasteiger partial charge in [-0.1, -0.05) is 54.6 Å². The van der Waals surface area contributed by atoms with Gasteiger partial charge in [0.1, 0.15) is 0 Å². The lowest BCUT2D eigenvalue weighted by Crippen LogP contribution is -2.43. The molecule has 2 rings (SSSR count). The van der Waals surface area contributed by atoms with Crippen LogP contribution in [0.2, 0.25) is 0 Å². The minimum atomic E-state index is -0.728. The van der Waals surface area contributed by atoms with E-state index in [2.05, 4.69) is 5.32 Å². The number of carbonyl (C=O) groups is 1. The number of nitrogens with one attached hydrogen (secondary N) is 1. The lowest BCUT2D eigenvalue weighted by atomic mass is 10.0. The van der Waals surface area contributed by atoms with Gasteiger partial charge in [-0.25, -0.2) is 0 Å². The van der Waals surface area contributed by atoms with Gasteiger partial charge in [0.15, 0.2) is 0 Å². The summed E-state index contributed by atoms with van der Waals surface area (Å²) in [5.74, 6) is -0.253. The SMILES string of the molecule is Cc1ccccc1C(O)CNC(=O)[C@@H](N)Cc1ccccc1. The molecule has 0 radical (unpaired) electrons. The molecule has 0 aliphatic carbocycles. The van der Waals surface area contributed by atoms with Crippen molar-refractivity contribution < 1.29 is 9.90 Å². The second kappa shape index (κ2) is 7.73. The van der Waals surface area contributed by atoms with Crippen molar-refractivity contribution in [3.05, 3.63) is 71.3 Å². The number of aliphatic hydroxyl groups is 1. The highest BCUT2D eigenvalue weighted by Crippen LogP contribution is 2.16. The predicted octanol–water partition coefficient (Wildman–Crippen LogP) is 1.71. The van der Waals surface area contributed by atoms with Gasteiger partial charge in [-0.2, -0.15) is 0 Å². The second-order valence-electron chi connectivity index (χ2n) is 5.41. The summed E-state index contributed by atoms with van der Waals surface area (Å²) in [6, 6.07) is 16.6. The molecule has 4 nitrogen and oxygen atoms in total. The highest BCUT2D eigenvalue weighted by atomic mass is 16.3. The molecule has 0 fully saturated rings. The van der Waals surface area contributed by atoms with Gasteiger partial charge >= 0.3 is 0 Å². The third-order valence-electron chi connectivity index (χ3n) is 3.65. The van der Waals surface area contributed by atoms with Crippen LogP contribution in [0.25, 0.3) is 0 Å². The number of nitrogens with two attached hydrogens (primary N) is 1. The van der Waals surface area contributed by atoms with E-state index in [4.69, 9.17) is 5.73 Å². The van der Waals surface area contributed by atoms with Crippen molar-refractivity contribution in [2.75, 3.05) is 6.54 Å². The summed E-state index contributed by atoms with van der Waals surface area (Å²) in [6.45, 7) is 2.09. The van der Waals surface area contributed by atoms with E-state index < -0.39 is 12.1 Å². The normalized spacial score (nSPS) is 13.4. The van der Waals surface area contributed by atoms with Crippen LogP contribution < -0.4 is 11.1 Å². The largest absolute Gasteiger partial charge is 0.387 e. The van der Waals surface area contributed by atoms with E-state index in [-0.39, 0.29) is 12.5 Å². The molecule has 1 amide bonds. The number of amides is 1. The monoisotopic (exact) mass is 298 g/mol. The van der Waals surface area contributed by atoms with Crippen LogP contribution in [0.15, 0.2) is 54.6 Å². The molecule has 0 saturated carbocycles. The molecular formula is C18H22N2O2. The number of rotatable bonds is 6. The Bertz CT molecular complexity index is 613. The average molecular weight is 298 g/mol. The van der Waals surface area contributed by atoms with Crippen LogP contribution in [-0.4, -0.2) is 23.6 Å². The summed E-state index contributed by atoms with van der Waals surface area (Å²) in [5, 5.41) is 12.9. The highest BCUT2D eigenvalue weighted by molar-refractivity contribution is 5.81. The van der Waals surface area contributed by atoms with Crippen LogP contribution in [-0.2, 0) is 11.2 Å². The van der Waals surface area contributed by atoms with Gasteiger partial charge in [0.25, 0.3) is 0 Å². The Morgan fingerprint density at radius 3 is 2.45 bits per heavy atom. The van der Waals surface area contributed by atoms with Gasteiger partial charge in [0.2, 0.25) is 5.91 Å². The van der Waals surface area contributed by atoms with Crippen LogP contribution in [0.3, 0.4) is 0 Å². The standard InChI is InChI=1S/C18H22N2O2/c1-13-7-5-6-10-15(13)17(21)12-20-18(22)16(19)11-14-8-3-2-4-9-14/h2-10,16-17,21H,11-12,19H2,1H3,(H,20,22)/t16-,17?/m0/s1. The van der Waals surface area contributed by atoms with E-state index in [1.165, 1.54) is 0 Å². The fourth-order valence-electron chi connectivity index (χ4n) is 2.36. The average Bonchev–Trinajstić information content (AvgIpc) is 2.53. The van der Waals surface area contributed by atoms with Crippen molar-refractivity contribution in [1.82, 2.24) is 5.32 Å². The van der Waals surface area contributed by atoms with E-state index in [9.17, 15) is 9.90 Å². The van der Waals surface area contributed by atoms with Gasteiger partial charge < -0.3 is 16.2 Å². The Balaban J connectivity index is 1.86. The third kappa shape index (κ3) is 4.41. The first kappa shape index (κ1) is 16.2. The number of hydrogen-bond acceptors (Lipinski definition) is 3. The molecule has 0 bridgehead atoms. The third-order valence-corrected chi connectivity index (χ3v) is 3.65. The van der Waals surface area contributed by atoms with Crippen molar-refractivity contribution in [3.8, 4) is 0 Å². The Hall–Kier alpha value is -2.17. The zero-order chi connectivity index (χ0) is 15.9. The molecule has 4 N–H and O–H groups in total. The highest BCUT2D eigenvalue weighted by Gasteiger charge is 2.16. The van der Waals surface area contributed by atoms with E-state index in [0.717, 1.165) is 16.7 Å². The second-order valence-corrected chi connectivity index (χ2v) is 5.41. The molecular weight excluding hydrogens is 276 g/mol. The van der Waals surface area contributed by atoms with Gasteiger partial charge in [-0.15, -0.1) is 0 Å². The first-order valence-corrected chi connectivity index (χ1v) is 7.38. The lowest BCUT2D eigenvalue weighted by Gasteiger charge is -2.17.